The van der Waals surface area contributed by atoms with Gasteiger partial charge in [-0.3, -0.25) is 19.5 Å². The largest absolute Gasteiger partial charge is 0.389 e. The molecule has 0 saturated carbocycles. The van der Waals surface area contributed by atoms with Gasteiger partial charge in [-0.1, -0.05) is 0 Å². The molecule has 0 aliphatic heterocycles. The van der Waals surface area contributed by atoms with Crippen LogP contribution >= 0.6 is 0 Å². The molecule has 2 heterocycles. The number of hydrogen-bond donors (Lipinski definition) is 2. The monoisotopic (exact) mass is 294 g/mol. The summed E-state index contributed by atoms with van der Waals surface area (Å²) in [5.41, 5.74) is 0.789. The molecule has 0 radical (unpaired) electrons. The fraction of sp³-hybridized carbons (Fsp3) is 0.500. The van der Waals surface area contributed by atoms with Crippen molar-refractivity contribution in [3.63, 3.8) is 0 Å². The van der Waals surface area contributed by atoms with Crippen molar-refractivity contribution < 1.29 is 10.0 Å². The molecule has 2 rings (SSSR count). The molecule has 2 aromatic rings. The van der Waals surface area contributed by atoms with Crippen LogP contribution < -0.4 is 5.32 Å². The minimum Gasteiger partial charge on any atom is -0.389 e. The molecule has 9 heteroatoms. The lowest BCUT2D eigenvalue weighted by Gasteiger charge is -2.12. The number of aromatic nitrogens is 4. The molecule has 2 N–H and O–H groups in total. The topological polar surface area (TPSA) is 111 Å². The number of aryl methyl sites for hydroxylation is 2. The Hall–Kier alpha value is -2.42. The van der Waals surface area contributed by atoms with Crippen LogP contribution in [0.5, 0.6) is 0 Å². The Bertz CT molecular complexity index is 647. The van der Waals surface area contributed by atoms with Gasteiger partial charge in [-0.2, -0.15) is 10.2 Å². The van der Waals surface area contributed by atoms with Crippen molar-refractivity contribution >= 4 is 11.5 Å². The zero-order valence-electron chi connectivity index (χ0n) is 12.1. The van der Waals surface area contributed by atoms with Crippen molar-refractivity contribution in [3.05, 3.63) is 33.8 Å². The van der Waals surface area contributed by atoms with Gasteiger partial charge in [0.15, 0.2) is 0 Å². The summed E-state index contributed by atoms with van der Waals surface area (Å²) in [5, 5.41) is 32.1. The molecule has 0 aromatic carbocycles. The fourth-order valence-corrected chi connectivity index (χ4v) is 2.13. The van der Waals surface area contributed by atoms with Crippen molar-refractivity contribution in [3.8, 4) is 0 Å². The molecule has 0 bridgehead atoms. The van der Waals surface area contributed by atoms with Crippen molar-refractivity contribution in [2.45, 2.75) is 26.5 Å². The van der Waals surface area contributed by atoms with E-state index in [9.17, 15) is 15.2 Å². The van der Waals surface area contributed by atoms with Crippen LogP contribution in [0.4, 0.5) is 11.5 Å². The zero-order valence-corrected chi connectivity index (χ0v) is 12.1. The molecular weight excluding hydrogens is 276 g/mol. The highest BCUT2D eigenvalue weighted by atomic mass is 16.6. The van der Waals surface area contributed by atoms with Crippen LogP contribution in [-0.4, -0.2) is 42.2 Å². The SMILES string of the molecule is Cc1nn(CC(O)CNc2ccn(C)n2)c(C)c1[N+](=O)[O-]. The van der Waals surface area contributed by atoms with Gasteiger partial charge in [0.2, 0.25) is 0 Å². The van der Waals surface area contributed by atoms with Gasteiger partial charge in [0.05, 0.1) is 17.6 Å². The van der Waals surface area contributed by atoms with Crippen molar-refractivity contribution in [2.24, 2.45) is 7.05 Å². The molecule has 1 atom stereocenters. The van der Waals surface area contributed by atoms with Crippen LogP contribution in [0.15, 0.2) is 12.3 Å². The van der Waals surface area contributed by atoms with Gasteiger partial charge in [-0.15, -0.1) is 0 Å². The molecule has 0 fully saturated rings. The van der Waals surface area contributed by atoms with Crippen molar-refractivity contribution in [1.82, 2.24) is 19.6 Å². The molecule has 0 aliphatic rings. The summed E-state index contributed by atoms with van der Waals surface area (Å²) in [7, 11) is 1.80. The van der Waals surface area contributed by atoms with Crippen LogP contribution in [-0.2, 0) is 13.6 Å². The standard InChI is InChI=1S/C12H18N6O3/c1-8-12(18(20)21)9(2)17(14-8)7-10(19)6-13-11-4-5-16(3)15-11/h4-5,10,19H,6-7H2,1-3H3,(H,13,15). The number of nitro groups is 1. The predicted octanol–water partition coefficient (Wildman–Crippen LogP) is 0.615. The summed E-state index contributed by atoms with van der Waals surface area (Å²) in [6.07, 6.45) is 1.06. The van der Waals surface area contributed by atoms with Gasteiger partial charge in [0.25, 0.3) is 0 Å². The number of rotatable bonds is 6. The van der Waals surface area contributed by atoms with E-state index in [0.717, 1.165) is 0 Å². The van der Waals surface area contributed by atoms with Crippen LogP contribution in [0.3, 0.4) is 0 Å². The van der Waals surface area contributed by atoms with Crippen LogP contribution in [0.1, 0.15) is 11.4 Å². The van der Waals surface area contributed by atoms with Gasteiger partial charge in [-0.25, -0.2) is 0 Å². The van der Waals surface area contributed by atoms with E-state index in [4.69, 9.17) is 0 Å². The summed E-state index contributed by atoms with van der Waals surface area (Å²) in [4.78, 5) is 10.5. The van der Waals surface area contributed by atoms with E-state index in [1.165, 1.54) is 4.68 Å². The third kappa shape index (κ3) is 3.37. The quantitative estimate of drug-likeness (QED) is 0.596. The maximum Gasteiger partial charge on any atom is 0.312 e. The Labute approximate surface area is 121 Å². The number of aliphatic hydroxyl groups excluding tert-OH is 1. The summed E-state index contributed by atoms with van der Waals surface area (Å²) in [6, 6.07) is 1.79. The molecule has 0 saturated heterocycles. The molecule has 21 heavy (non-hydrogen) atoms. The van der Waals surface area contributed by atoms with E-state index in [2.05, 4.69) is 15.5 Å². The summed E-state index contributed by atoms with van der Waals surface area (Å²) in [6.45, 7) is 3.67. The first-order chi connectivity index (χ1) is 9.88. The van der Waals surface area contributed by atoms with E-state index in [-0.39, 0.29) is 18.8 Å². The van der Waals surface area contributed by atoms with E-state index in [0.29, 0.717) is 17.2 Å². The normalized spacial score (nSPS) is 12.4. The Morgan fingerprint density at radius 1 is 1.48 bits per heavy atom. The maximum atomic E-state index is 10.9. The second-order valence-corrected chi connectivity index (χ2v) is 4.87. The van der Waals surface area contributed by atoms with Crippen molar-refractivity contribution in [1.29, 1.82) is 0 Å². The number of hydrogen-bond acceptors (Lipinski definition) is 6. The Morgan fingerprint density at radius 2 is 2.19 bits per heavy atom. The molecule has 9 nitrogen and oxygen atoms in total. The average molecular weight is 294 g/mol. The summed E-state index contributed by atoms with van der Waals surface area (Å²) >= 11 is 0. The minimum atomic E-state index is -0.732. The number of anilines is 1. The molecule has 0 aliphatic carbocycles. The predicted molar refractivity (Wildman–Crippen MR) is 76.1 cm³/mol. The van der Waals surface area contributed by atoms with Gasteiger partial charge in [0, 0.05) is 25.9 Å². The first-order valence-electron chi connectivity index (χ1n) is 6.48. The van der Waals surface area contributed by atoms with Crippen LogP contribution in [0.25, 0.3) is 0 Å². The van der Waals surface area contributed by atoms with E-state index < -0.39 is 11.0 Å². The highest BCUT2D eigenvalue weighted by Gasteiger charge is 2.22. The number of nitrogens with zero attached hydrogens (tertiary/aromatic N) is 5. The summed E-state index contributed by atoms with van der Waals surface area (Å²) in [5.74, 6) is 0.663. The average Bonchev–Trinajstić information content (AvgIpc) is 2.91. The molecule has 0 amide bonds. The Kier molecular flexibility index (Phi) is 4.22. The van der Waals surface area contributed by atoms with Crippen LogP contribution in [0, 0.1) is 24.0 Å². The summed E-state index contributed by atoms with van der Waals surface area (Å²) < 4.78 is 3.11. The third-order valence-electron chi connectivity index (χ3n) is 3.14. The molecule has 1 unspecified atom stereocenters. The first-order valence-corrected chi connectivity index (χ1v) is 6.48. The van der Waals surface area contributed by atoms with Gasteiger partial charge < -0.3 is 10.4 Å². The number of aliphatic hydroxyl groups is 1. The Morgan fingerprint density at radius 3 is 2.71 bits per heavy atom. The van der Waals surface area contributed by atoms with E-state index in [1.807, 2.05) is 0 Å². The smallest absolute Gasteiger partial charge is 0.312 e. The number of nitrogens with one attached hydrogen (secondary N) is 1. The Balaban J connectivity index is 1.98. The lowest BCUT2D eigenvalue weighted by atomic mass is 10.3. The third-order valence-corrected chi connectivity index (χ3v) is 3.14. The van der Waals surface area contributed by atoms with Gasteiger partial charge in [0.1, 0.15) is 17.2 Å². The fourth-order valence-electron chi connectivity index (χ4n) is 2.13. The highest BCUT2D eigenvalue weighted by molar-refractivity contribution is 5.39. The van der Waals surface area contributed by atoms with E-state index in [1.54, 1.807) is 37.8 Å². The first kappa shape index (κ1) is 15.0. The molecule has 2 aromatic heterocycles. The lowest BCUT2D eigenvalue weighted by Crippen LogP contribution is -2.26. The zero-order chi connectivity index (χ0) is 15.6. The molecule has 114 valence electrons. The highest BCUT2D eigenvalue weighted by Crippen LogP contribution is 2.21. The molecular formula is C12H18N6O3. The van der Waals surface area contributed by atoms with E-state index >= 15 is 0 Å². The lowest BCUT2D eigenvalue weighted by molar-refractivity contribution is -0.386. The minimum absolute atomic E-state index is 0.000106. The van der Waals surface area contributed by atoms with Crippen molar-refractivity contribution in [2.75, 3.05) is 11.9 Å². The second kappa shape index (κ2) is 5.92. The van der Waals surface area contributed by atoms with Gasteiger partial charge >= 0.3 is 5.69 Å². The second-order valence-electron chi connectivity index (χ2n) is 4.87. The molecule has 0 spiro atoms. The van der Waals surface area contributed by atoms with Gasteiger partial charge in [-0.05, 0) is 13.8 Å². The maximum absolute atomic E-state index is 10.9. The van der Waals surface area contributed by atoms with Crippen LogP contribution in [0.2, 0.25) is 0 Å².